The van der Waals surface area contributed by atoms with E-state index in [0.717, 1.165) is 10.5 Å². The second-order valence-corrected chi connectivity index (χ2v) is 5.62. The molecule has 0 aliphatic heterocycles. The molecule has 2 amide bonds. The van der Waals surface area contributed by atoms with Gasteiger partial charge in [-0.2, -0.15) is 0 Å². The van der Waals surface area contributed by atoms with E-state index in [4.69, 9.17) is 0 Å². The summed E-state index contributed by atoms with van der Waals surface area (Å²) >= 11 is 1.64. The Morgan fingerprint density at radius 2 is 1.74 bits per heavy atom. The van der Waals surface area contributed by atoms with Crippen molar-refractivity contribution in [2.24, 2.45) is 0 Å². The van der Waals surface area contributed by atoms with Crippen LogP contribution in [-0.4, -0.2) is 24.6 Å². The average Bonchev–Trinajstić information content (AvgIpc) is 2.60. The van der Waals surface area contributed by atoms with Crippen LogP contribution in [0.4, 0.5) is 5.69 Å². The second kappa shape index (κ2) is 8.80. The molecule has 0 fully saturated rings. The molecular formula is C18H18N2O2S. The Hall–Kier alpha value is -2.53. The third-order valence-electron chi connectivity index (χ3n) is 3.02. The van der Waals surface area contributed by atoms with Crippen molar-refractivity contribution in [3.8, 4) is 0 Å². The van der Waals surface area contributed by atoms with Gasteiger partial charge in [0.1, 0.15) is 0 Å². The molecule has 4 nitrogen and oxygen atoms in total. The first-order chi connectivity index (χ1) is 11.2. The predicted molar refractivity (Wildman–Crippen MR) is 95.3 cm³/mol. The van der Waals surface area contributed by atoms with Crippen LogP contribution in [0, 0.1) is 0 Å². The summed E-state index contributed by atoms with van der Waals surface area (Å²) in [6, 6.07) is 17.0. The Labute approximate surface area is 140 Å². The lowest BCUT2D eigenvalue weighted by molar-refractivity contribution is -0.121. The highest BCUT2D eigenvalue weighted by Crippen LogP contribution is 2.17. The Balaban J connectivity index is 1.77. The Morgan fingerprint density at radius 3 is 2.39 bits per heavy atom. The van der Waals surface area contributed by atoms with Crippen LogP contribution in [0.3, 0.4) is 0 Å². The van der Waals surface area contributed by atoms with Crippen molar-refractivity contribution < 1.29 is 9.59 Å². The number of hydrogen-bond acceptors (Lipinski definition) is 3. The number of carbonyl (C=O) groups excluding carboxylic acids is 2. The summed E-state index contributed by atoms with van der Waals surface area (Å²) in [5.74, 6) is -0.565. The molecule has 0 spiro atoms. The molecule has 0 aliphatic rings. The van der Waals surface area contributed by atoms with E-state index in [-0.39, 0.29) is 18.4 Å². The van der Waals surface area contributed by atoms with E-state index >= 15 is 0 Å². The molecule has 2 N–H and O–H groups in total. The first-order valence-electron chi connectivity index (χ1n) is 7.12. The van der Waals surface area contributed by atoms with E-state index in [1.165, 1.54) is 6.08 Å². The Morgan fingerprint density at radius 1 is 1.04 bits per heavy atom. The summed E-state index contributed by atoms with van der Waals surface area (Å²) in [5.41, 5.74) is 1.64. The predicted octanol–water partition coefficient (Wildman–Crippen LogP) is 3.18. The van der Waals surface area contributed by atoms with Crippen molar-refractivity contribution in [1.82, 2.24) is 5.32 Å². The van der Waals surface area contributed by atoms with Crippen molar-refractivity contribution in [2.75, 3.05) is 18.1 Å². The Kier molecular flexibility index (Phi) is 6.44. The summed E-state index contributed by atoms with van der Waals surface area (Å²) in [7, 11) is 0. The maximum absolute atomic E-state index is 11.8. The summed E-state index contributed by atoms with van der Waals surface area (Å²) in [4.78, 5) is 24.6. The first kappa shape index (κ1) is 16.8. The normalized spacial score (nSPS) is 10.5. The zero-order valence-electron chi connectivity index (χ0n) is 12.8. The van der Waals surface area contributed by atoms with Crippen molar-refractivity contribution in [3.05, 3.63) is 66.2 Å². The summed E-state index contributed by atoms with van der Waals surface area (Å²) < 4.78 is 0. The number of rotatable bonds is 6. The van der Waals surface area contributed by atoms with Gasteiger partial charge in [-0.15, -0.1) is 11.8 Å². The van der Waals surface area contributed by atoms with Gasteiger partial charge in [-0.3, -0.25) is 9.59 Å². The van der Waals surface area contributed by atoms with Gasteiger partial charge in [0.25, 0.3) is 0 Å². The number of amides is 2. The van der Waals surface area contributed by atoms with Crippen LogP contribution < -0.4 is 10.6 Å². The topological polar surface area (TPSA) is 58.2 Å². The largest absolute Gasteiger partial charge is 0.343 e. The molecule has 0 aromatic heterocycles. The lowest BCUT2D eigenvalue weighted by Crippen LogP contribution is -2.31. The monoisotopic (exact) mass is 326 g/mol. The SMILES string of the molecule is CSc1ccc(NC(=O)CNC(=O)/C=C/c2ccccc2)cc1. The molecule has 2 rings (SSSR count). The van der Waals surface area contributed by atoms with E-state index < -0.39 is 0 Å². The van der Waals surface area contributed by atoms with Crippen LogP contribution in [0.25, 0.3) is 6.08 Å². The maximum Gasteiger partial charge on any atom is 0.244 e. The van der Waals surface area contributed by atoms with Crippen LogP contribution in [0.1, 0.15) is 5.56 Å². The van der Waals surface area contributed by atoms with E-state index in [1.54, 1.807) is 17.8 Å². The van der Waals surface area contributed by atoms with E-state index in [0.29, 0.717) is 5.69 Å². The van der Waals surface area contributed by atoms with Crippen LogP contribution in [0.15, 0.2) is 65.6 Å². The molecule has 2 aromatic rings. The quantitative estimate of drug-likeness (QED) is 0.633. The minimum absolute atomic E-state index is 0.0672. The van der Waals surface area contributed by atoms with E-state index in [2.05, 4.69) is 10.6 Å². The highest BCUT2D eigenvalue weighted by atomic mass is 32.2. The maximum atomic E-state index is 11.8. The Bertz CT molecular complexity index is 682. The zero-order valence-corrected chi connectivity index (χ0v) is 13.6. The van der Waals surface area contributed by atoms with Gasteiger partial charge >= 0.3 is 0 Å². The molecule has 0 saturated heterocycles. The van der Waals surface area contributed by atoms with Crippen LogP contribution >= 0.6 is 11.8 Å². The molecule has 0 atom stereocenters. The van der Waals surface area contributed by atoms with Crippen LogP contribution in [0.5, 0.6) is 0 Å². The van der Waals surface area contributed by atoms with E-state index in [9.17, 15) is 9.59 Å². The van der Waals surface area contributed by atoms with Crippen molar-refractivity contribution >= 4 is 35.3 Å². The standard InChI is InChI=1S/C18H18N2O2S/c1-23-16-10-8-15(9-11-16)20-18(22)13-19-17(21)12-7-14-5-3-2-4-6-14/h2-12H,13H2,1H3,(H,19,21)(H,20,22)/b12-7+. The number of thioether (sulfide) groups is 1. The van der Waals surface area contributed by atoms with Crippen molar-refractivity contribution in [1.29, 1.82) is 0 Å². The lowest BCUT2D eigenvalue weighted by atomic mass is 10.2. The summed E-state index contributed by atoms with van der Waals surface area (Å²) in [5, 5.41) is 5.29. The molecular weight excluding hydrogens is 308 g/mol. The van der Waals surface area contributed by atoms with Gasteiger partial charge in [0.05, 0.1) is 6.54 Å². The van der Waals surface area contributed by atoms with E-state index in [1.807, 2.05) is 60.9 Å². The van der Waals surface area contributed by atoms with Gasteiger partial charge in [0.15, 0.2) is 0 Å². The average molecular weight is 326 g/mol. The number of carbonyl (C=O) groups is 2. The molecule has 0 aliphatic carbocycles. The molecule has 0 bridgehead atoms. The van der Waals surface area contributed by atoms with Crippen LogP contribution in [-0.2, 0) is 9.59 Å². The fourth-order valence-corrected chi connectivity index (χ4v) is 2.25. The minimum atomic E-state index is -0.304. The number of benzene rings is 2. The third-order valence-corrected chi connectivity index (χ3v) is 3.77. The molecule has 118 valence electrons. The number of hydrogen-bond donors (Lipinski definition) is 2. The fourth-order valence-electron chi connectivity index (χ4n) is 1.84. The van der Waals surface area contributed by atoms with Crippen molar-refractivity contribution in [3.63, 3.8) is 0 Å². The lowest BCUT2D eigenvalue weighted by Gasteiger charge is -2.06. The second-order valence-electron chi connectivity index (χ2n) is 4.74. The molecule has 0 unspecified atom stereocenters. The molecule has 0 heterocycles. The molecule has 2 aromatic carbocycles. The molecule has 23 heavy (non-hydrogen) atoms. The molecule has 5 heteroatoms. The molecule has 0 saturated carbocycles. The number of nitrogens with one attached hydrogen (secondary N) is 2. The third kappa shape index (κ3) is 6.00. The van der Waals surface area contributed by atoms with Gasteiger partial charge in [0, 0.05) is 16.7 Å². The minimum Gasteiger partial charge on any atom is -0.343 e. The highest BCUT2D eigenvalue weighted by Gasteiger charge is 2.04. The summed E-state index contributed by atoms with van der Waals surface area (Å²) in [6.45, 7) is -0.0672. The highest BCUT2D eigenvalue weighted by molar-refractivity contribution is 7.98. The number of anilines is 1. The smallest absolute Gasteiger partial charge is 0.244 e. The first-order valence-corrected chi connectivity index (χ1v) is 8.35. The van der Waals surface area contributed by atoms with Gasteiger partial charge in [0.2, 0.25) is 11.8 Å². The van der Waals surface area contributed by atoms with Gasteiger partial charge in [-0.05, 0) is 42.2 Å². The molecule has 0 radical (unpaired) electrons. The van der Waals surface area contributed by atoms with Gasteiger partial charge < -0.3 is 10.6 Å². The van der Waals surface area contributed by atoms with Crippen LogP contribution in [0.2, 0.25) is 0 Å². The van der Waals surface area contributed by atoms with Gasteiger partial charge in [-0.1, -0.05) is 30.3 Å². The summed E-state index contributed by atoms with van der Waals surface area (Å²) in [6.07, 6.45) is 5.11. The van der Waals surface area contributed by atoms with Crippen molar-refractivity contribution in [2.45, 2.75) is 4.90 Å². The fraction of sp³-hybridized carbons (Fsp3) is 0.111. The zero-order chi connectivity index (χ0) is 16.5. The van der Waals surface area contributed by atoms with Gasteiger partial charge in [-0.25, -0.2) is 0 Å².